The third kappa shape index (κ3) is 126. The van der Waals surface area contributed by atoms with E-state index in [1.54, 1.807) is 0 Å². The van der Waals surface area contributed by atoms with E-state index in [4.69, 9.17) is 15.0 Å². The van der Waals surface area contributed by atoms with Crippen molar-refractivity contribution in [2.24, 2.45) is 0 Å². The number of carbonyl (C=O) groups is 1. The molecule has 5 heavy (non-hydrogen) atoms. The Morgan fingerprint density at radius 2 is 1.80 bits per heavy atom. The molecule has 0 saturated carbocycles. The minimum atomic E-state index is -2.08. The number of hydrogen-bond donors (Lipinski definition) is 1. The van der Waals surface area contributed by atoms with Crippen molar-refractivity contribution in [2.45, 2.75) is 0 Å². The fraction of sp³-hybridized carbons (Fsp3) is 0. The van der Waals surface area contributed by atoms with Crippen molar-refractivity contribution >= 4 is 6.16 Å². The molecule has 0 heterocycles. The molecule has 1 N–H and O–H groups in total. The van der Waals surface area contributed by atoms with Crippen LogP contribution < -0.4 is 5.11 Å². The smallest absolute Gasteiger partial charge is 0.249 e. The van der Waals surface area contributed by atoms with E-state index in [2.05, 4.69) is 0 Å². The molecule has 0 bridgehead atoms. The second-order valence-corrected chi connectivity index (χ2v) is 0.266. The van der Waals surface area contributed by atoms with Gasteiger partial charge in [-0.05, 0) is 0 Å². The van der Waals surface area contributed by atoms with Gasteiger partial charge in [0.25, 0.3) is 0 Å². The van der Waals surface area contributed by atoms with Gasteiger partial charge >= 0.3 is 0 Å². The number of hydrogen-bond acceptors (Lipinski definition) is 2. The third-order valence-corrected chi connectivity index (χ3v) is 0. The van der Waals surface area contributed by atoms with Crippen LogP contribution in [0.1, 0.15) is 0 Å². The third-order valence-electron chi connectivity index (χ3n) is 0. The van der Waals surface area contributed by atoms with Gasteiger partial charge in [0.15, 0.2) is 0 Å². The summed E-state index contributed by atoms with van der Waals surface area (Å²) in [6.07, 6.45) is -2.08. The first-order valence-corrected chi connectivity index (χ1v) is 0.632. The van der Waals surface area contributed by atoms with E-state index in [-0.39, 0.29) is 35.6 Å². The van der Waals surface area contributed by atoms with Gasteiger partial charge in [0, 0.05) is 35.6 Å². The molecule has 1 radical (unpaired) electrons. The molecule has 0 spiro atoms. The zero-order valence-corrected chi connectivity index (χ0v) is 5.97. The number of rotatable bonds is 0. The van der Waals surface area contributed by atoms with Crippen LogP contribution in [0.25, 0.3) is 0 Å². The molecule has 27 valence electrons. The van der Waals surface area contributed by atoms with Gasteiger partial charge in [-0.15, -0.1) is 0 Å². The van der Waals surface area contributed by atoms with E-state index in [0.717, 1.165) is 0 Å². The maximum atomic E-state index is 8.44. The first-order chi connectivity index (χ1) is 1.73. The molecule has 0 atom stereocenters. The Kier molecular flexibility index (Phi) is 8.10. The summed E-state index contributed by atoms with van der Waals surface area (Å²) in [4.78, 5) is 8.44. The van der Waals surface area contributed by atoms with Gasteiger partial charge in [0.1, 0.15) is 0 Å². The van der Waals surface area contributed by atoms with Gasteiger partial charge in [-0.2, -0.15) is 0 Å². The van der Waals surface area contributed by atoms with Crippen molar-refractivity contribution in [3.05, 3.63) is 0 Å². The standard InChI is InChI=1S/CH2O3.La/c2-1(3)4;/h(H2,2,3,4);/p-1. The molecule has 0 aromatic rings. The van der Waals surface area contributed by atoms with Crippen LogP contribution in [0.5, 0.6) is 0 Å². The first-order valence-electron chi connectivity index (χ1n) is 0.632. The molecular formula is CHLaO3-. The van der Waals surface area contributed by atoms with Gasteiger partial charge in [0.05, 0.1) is 0 Å². The van der Waals surface area contributed by atoms with Crippen LogP contribution in [-0.4, -0.2) is 11.3 Å². The minimum Gasteiger partial charge on any atom is -0.565 e. The van der Waals surface area contributed by atoms with Crippen LogP contribution in [0, 0.1) is 35.6 Å². The van der Waals surface area contributed by atoms with Crippen molar-refractivity contribution < 1.29 is 50.6 Å². The summed E-state index contributed by atoms with van der Waals surface area (Å²) in [6, 6.07) is 0. The van der Waals surface area contributed by atoms with Crippen LogP contribution in [0.2, 0.25) is 0 Å². The van der Waals surface area contributed by atoms with Gasteiger partial charge in [-0.1, -0.05) is 0 Å². The molecule has 0 saturated heterocycles. The van der Waals surface area contributed by atoms with E-state index < -0.39 is 6.16 Å². The zero-order chi connectivity index (χ0) is 3.58. The van der Waals surface area contributed by atoms with Crippen molar-refractivity contribution in [3.63, 3.8) is 0 Å². The average Bonchev–Trinajstić information content (AvgIpc) is 0.811. The van der Waals surface area contributed by atoms with Crippen LogP contribution in [0.3, 0.4) is 0 Å². The molecule has 0 fully saturated rings. The summed E-state index contributed by atoms with van der Waals surface area (Å²) in [7, 11) is 0. The van der Waals surface area contributed by atoms with Crippen LogP contribution in [0.4, 0.5) is 4.79 Å². The predicted molar refractivity (Wildman–Crippen MR) is 8.02 cm³/mol. The summed E-state index contributed by atoms with van der Waals surface area (Å²) < 4.78 is 0. The molecule has 0 aliphatic rings. The van der Waals surface area contributed by atoms with E-state index >= 15 is 0 Å². The Morgan fingerprint density at radius 1 is 1.80 bits per heavy atom. The monoisotopic (exact) mass is 200 g/mol. The van der Waals surface area contributed by atoms with Gasteiger partial charge < -0.3 is 15.0 Å². The predicted octanol–water partition coefficient (Wildman–Crippen LogP) is -1.11. The fourth-order valence-electron chi connectivity index (χ4n) is 0. The Bertz CT molecular complexity index is 29.9. The summed E-state index contributed by atoms with van der Waals surface area (Å²) in [5, 5.41) is 15.3. The molecule has 0 rings (SSSR count). The topological polar surface area (TPSA) is 60.4 Å². The summed E-state index contributed by atoms with van der Waals surface area (Å²) in [5.74, 6) is 0. The van der Waals surface area contributed by atoms with Crippen molar-refractivity contribution in [1.82, 2.24) is 0 Å². The molecule has 0 aliphatic carbocycles. The van der Waals surface area contributed by atoms with E-state index in [1.165, 1.54) is 0 Å². The molecular weight excluding hydrogens is 199 g/mol. The van der Waals surface area contributed by atoms with Crippen LogP contribution in [0.15, 0.2) is 0 Å². The molecule has 0 unspecified atom stereocenters. The second-order valence-electron chi connectivity index (χ2n) is 0.266. The molecule has 0 aromatic carbocycles. The molecule has 0 aliphatic heterocycles. The number of carboxylic acid groups (broad SMARTS) is 2. The van der Waals surface area contributed by atoms with E-state index in [9.17, 15) is 0 Å². The van der Waals surface area contributed by atoms with Gasteiger partial charge in [0.2, 0.25) is 6.16 Å². The summed E-state index contributed by atoms with van der Waals surface area (Å²) in [6.45, 7) is 0. The average molecular weight is 200 g/mol. The quantitative estimate of drug-likeness (QED) is 0.539. The van der Waals surface area contributed by atoms with Crippen LogP contribution in [-0.2, 0) is 0 Å². The van der Waals surface area contributed by atoms with Crippen molar-refractivity contribution in [2.75, 3.05) is 0 Å². The Balaban J connectivity index is 0. The molecule has 0 amide bonds. The SMILES string of the molecule is O=C([O-])O.[La]. The maximum absolute atomic E-state index is 8.44. The normalized spacial score (nSPS) is 4.80. The van der Waals surface area contributed by atoms with E-state index in [1.807, 2.05) is 0 Å². The zero-order valence-electron chi connectivity index (χ0n) is 2.34. The van der Waals surface area contributed by atoms with Crippen molar-refractivity contribution in [1.29, 1.82) is 0 Å². The maximum Gasteiger partial charge on any atom is 0.249 e. The first kappa shape index (κ1) is 9.07. The Morgan fingerprint density at radius 3 is 1.80 bits per heavy atom. The minimum absolute atomic E-state index is 0. The largest absolute Gasteiger partial charge is 0.565 e. The van der Waals surface area contributed by atoms with Gasteiger partial charge in [-0.25, -0.2) is 0 Å². The molecule has 3 nitrogen and oxygen atoms in total. The Labute approximate surface area is 56.6 Å². The van der Waals surface area contributed by atoms with Crippen molar-refractivity contribution in [3.8, 4) is 0 Å². The second kappa shape index (κ2) is 4.46. The van der Waals surface area contributed by atoms with Crippen LogP contribution >= 0.6 is 0 Å². The summed E-state index contributed by atoms with van der Waals surface area (Å²) >= 11 is 0. The molecule has 4 heteroatoms. The van der Waals surface area contributed by atoms with Gasteiger partial charge in [-0.3, -0.25) is 0 Å². The summed E-state index contributed by atoms with van der Waals surface area (Å²) in [5.41, 5.74) is 0. The Hall–Kier alpha value is 0.465. The molecule has 0 aromatic heterocycles. The van der Waals surface area contributed by atoms with E-state index in [0.29, 0.717) is 0 Å². The fourth-order valence-corrected chi connectivity index (χ4v) is 0.